The van der Waals surface area contributed by atoms with Crippen LogP contribution in [-0.2, 0) is 24.1 Å². The summed E-state index contributed by atoms with van der Waals surface area (Å²) in [4.78, 5) is 23.9. The fraction of sp³-hybridized carbons (Fsp3) is 0.667. The van der Waals surface area contributed by atoms with Gasteiger partial charge in [-0.05, 0) is 63.5 Å². The van der Waals surface area contributed by atoms with E-state index in [0.29, 0.717) is 30.4 Å². The molecule has 2 aliphatic rings. The molecule has 180 valence electrons. The second-order valence-corrected chi connectivity index (χ2v) is 10.2. The summed E-state index contributed by atoms with van der Waals surface area (Å²) in [5.74, 6) is 3.71. The van der Waals surface area contributed by atoms with Gasteiger partial charge in [0.05, 0.1) is 18.7 Å². The second-order valence-electron chi connectivity index (χ2n) is 10.2. The normalized spacial score (nSPS) is 21.6. The van der Waals surface area contributed by atoms with Gasteiger partial charge in [0.2, 0.25) is 5.88 Å². The van der Waals surface area contributed by atoms with Crippen LogP contribution in [0.1, 0.15) is 75.3 Å². The fourth-order valence-electron chi connectivity index (χ4n) is 5.30. The Hall–Kier alpha value is -2.21. The van der Waals surface area contributed by atoms with Crippen LogP contribution in [0.4, 0.5) is 0 Å². The molecule has 1 aliphatic carbocycles. The summed E-state index contributed by atoms with van der Waals surface area (Å²) >= 11 is 0. The first kappa shape index (κ1) is 23.9. The fourth-order valence-corrected chi connectivity index (χ4v) is 5.30. The van der Waals surface area contributed by atoms with Crippen LogP contribution in [-0.4, -0.2) is 46.4 Å². The van der Waals surface area contributed by atoms with E-state index < -0.39 is 0 Å². The van der Waals surface area contributed by atoms with Crippen molar-refractivity contribution in [2.45, 2.75) is 84.7 Å². The molecular formula is C27H39N3O3. The van der Waals surface area contributed by atoms with Crippen LogP contribution in [0.2, 0.25) is 0 Å². The van der Waals surface area contributed by atoms with Gasteiger partial charge in [-0.3, -0.25) is 4.79 Å². The Morgan fingerprint density at radius 1 is 1.15 bits per heavy atom. The van der Waals surface area contributed by atoms with E-state index in [2.05, 4.69) is 16.0 Å². The Bertz CT molecular complexity index is 915. The Labute approximate surface area is 198 Å². The number of carbonyl (C=O) groups is 1. The van der Waals surface area contributed by atoms with Gasteiger partial charge < -0.3 is 14.1 Å². The first-order valence-electron chi connectivity index (χ1n) is 12.8. The zero-order chi connectivity index (χ0) is 23.2. The quantitative estimate of drug-likeness (QED) is 0.534. The van der Waals surface area contributed by atoms with Gasteiger partial charge in [0.1, 0.15) is 11.5 Å². The summed E-state index contributed by atoms with van der Waals surface area (Å²) in [5.41, 5.74) is 2.58. The molecule has 3 heterocycles. The first-order chi connectivity index (χ1) is 15.9. The molecule has 0 unspecified atom stereocenters. The number of oxazole rings is 1. The van der Waals surface area contributed by atoms with Crippen molar-refractivity contribution in [2.24, 2.45) is 11.8 Å². The molecule has 6 nitrogen and oxygen atoms in total. The highest BCUT2D eigenvalue weighted by molar-refractivity contribution is 5.80. The lowest BCUT2D eigenvalue weighted by molar-refractivity contribution is -0.119. The lowest BCUT2D eigenvalue weighted by Crippen LogP contribution is -2.29. The standard InChI is InChI=1S/C27H39N3O3/c1-19(2)32-27-9-8-23-11-14-30(15-12-26(23)29-27)13-10-21-4-6-22(7-5-21)16-24(31)17-25-18-28-20(3)33-25/h8-9,18-19,21-22H,4-7,10-17H2,1-3H3. The smallest absolute Gasteiger partial charge is 0.213 e. The molecule has 0 atom stereocenters. The highest BCUT2D eigenvalue weighted by Gasteiger charge is 2.24. The highest BCUT2D eigenvalue weighted by Crippen LogP contribution is 2.33. The van der Waals surface area contributed by atoms with E-state index in [0.717, 1.165) is 37.7 Å². The zero-order valence-electron chi connectivity index (χ0n) is 20.5. The number of ether oxygens (including phenoxy) is 1. The predicted molar refractivity (Wildman–Crippen MR) is 128 cm³/mol. The molecule has 0 amide bonds. The average molecular weight is 454 g/mol. The molecule has 0 radical (unpaired) electrons. The number of ketones is 1. The number of nitrogens with zero attached hydrogens (tertiary/aromatic N) is 3. The van der Waals surface area contributed by atoms with Crippen LogP contribution < -0.4 is 4.74 Å². The van der Waals surface area contributed by atoms with Crippen LogP contribution in [0.5, 0.6) is 5.88 Å². The molecule has 2 aromatic rings. The summed E-state index contributed by atoms with van der Waals surface area (Å²) in [6, 6.07) is 4.22. The molecule has 1 fully saturated rings. The molecule has 0 N–H and O–H groups in total. The topological polar surface area (TPSA) is 68.5 Å². The van der Waals surface area contributed by atoms with E-state index in [-0.39, 0.29) is 11.9 Å². The third-order valence-electron chi connectivity index (χ3n) is 7.14. The second kappa shape index (κ2) is 11.3. The molecule has 1 saturated carbocycles. The molecule has 0 spiro atoms. The summed E-state index contributed by atoms with van der Waals surface area (Å²) < 4.78 is 11.2. The number of rotatable bonds is 9. The van der Waals surface area contributed by atoms with Gasteiger partial charge in [-0.2, -0.15) is 0 Å². The summed E-state index contributed by atoms with van der Waals surface area (Å²) in [6.45, 7) is 9.26. The van der Waals surface area contributed by atoms with E-state index >= 15 is 0 Å². The Balaban J connectivity index is 1.16. The van der Waals surface area contributed by atoms with Crippen molar-refractivity contribution < 1.29 is 13.9 Å². The Morgan fingerprint density at radius 3 is 2.64 bits per heavy atom. The van der Waals surface area contributed by atoms with Crippen LogP contribution in [0.25, 0.3) is 0 Å². The molecule has 33 heavy (non-hydrogen) atoms. The van der Waals surface area contributed by atoms with Gasteiger partial charge in [0.15, 0.2) is 5.89 Å². The van der Waals surface area contributed by atoms with Crippen molar-refractivity contribution in [1.29, 1.82) is 0 Å². The lowest BCUT2D eigenvalue weighted by Gasteiger charge is -2.30. The van der Waals surface area contributed by atoms with Crippen molar-refractivity contribution in [1.82, 2.24) is 14.9 Å². The van der Waals surface area contributed by atoms with Crippen LogP contribution in [0.15, 0.2) is 22.7 Å². The van der Waals surface area contributed by atoms with E-state index in [1.807, 2.05) is 26.8 Å². The minimum absolute atomic E-state index is 0.156. The van der Waals surface area contributed by atoms with Crippen LogP contribution >= 0.6 is 0 Å². The molecule has 6 heteroatoms. The molecule has 1 aliphatic heterocycles. The van der Waals surface area contributed by atoms with Crippen molar-refractivity contribution in [3.05, 3.63) is 41.2 Å². The number of carbonyl (C=O) groups excluding carboxylic acids is 1. The molecule has 0 aromatic carbocycles. The molecule has 0 saturated heterocycles. The van der Waals surface area contributed by atoms with Crippen molar-refractivity contribution >= 4 is 5.78 Å². The number of fused-ring (bicyclic) bond motifs is 1. The van der Waals surface area contributed by atoms with Gasteiger partial charge in [0, 0.05) is 44.6 Å². The maximum absolute atomic E-state index is 12.4. The van der Waals surface area contributed by atoms with Gasteiger partial charge in [-0.1, -0.05) is 18.9 Å². The number of aromatic nitrogens is 2. The summed E-state index contributed by atoms with van der Waals surface area (Å²) in [5, 5.41) is 0. The van der Waals surface area contributed by atoms with Crippen molar-refractivity contribution in [3.63, 3.8) is 0 Å². The summed E-state index contributed by atoms with van der Waals surface area (Å²) in [7, 11) is 0. The first-order valence-corrected chi connectivity index (χ1v) is 12.8. The number of Topliss-reactive ketones (excluding diaryl/α,β-unsaturated/α-hetero) is 1. The van der Waals surface area contributed by atoms with Gasteiger partial charge in [-0.25, -0.2) is 9.97 Å². The Morgan fingerprint density at radius 2 is 1.91 bits per heavy atom. The Kier molecular flexibility index (Phi) is 8.18. The number of hydrogen-bond acceptors (Lipinski definition) is 6. The highest BCUT2D eigenvalue weighted by atomic mass is 16.5. The maximum Gasteiger partial charge on any atom is 0.213 e. The minimum Gasteiger partial charge on any atom is -0.475 e. The van der Waals surface area contributed by atoms with Crippen LogP contribution in [0.3, 0.4) is 0 Å². The number of pyridine rings is 1. The third-order valence-corrected chi connectivity index (χ3v) is 7.14. The minimum atomic E-state index is 0.156. The van der Waals surface area contributed by atoms with Gasteiger partial charge in [-0.15, -0.1) is 0 Å². The monoisotopic (exact) mass is 453 g/mol. The van der Waals surface area contributed by atoms with E-state index in [1.165, 1.54) is 49.9 Å². The van der Waals surface area contributed by atoms with Crippen molar-refractivity contribution in [2.75, 3.05) is 19.6 Å². The summed E-state index contributed by atoms with van der Waals surface area (Å²) in [6.07, 6.45) is 11.1. The molecule has 0 bridgehead atoms. The SMILES string of the molecule is Cc1ncc(CC(=O)CC2CCC(CCN3CCc4ccc(OC(C)C)nc4CC3)CC2)o1. The van der Waals surface area contributed by atoms with Crippen LogP contribution in [0, 0.1) is 18.8 Å². The maximum atomic E-state index is 12.4. The van der Waals surface area contributed by atoms with Crippen molar-refractivity contribution in [3.8, 4) is 5.88 Å². The van der Waals surface area contributed by atoms with E-state index in [4.69, 9.17) is 14.1 Å². The third kappa shape index (κ3) is 7.13. The van der Waals surface area contributed by atoms with E-state index in [1.54, 1.807) is 6.20 Å². The molecule has 2 aromatic heterocycles. The molecular weight excluding hydrogens is 414 g/mol. The van der Waals surface area contributed by atoms with Gasteiger partial charge in [0.25, 0.3) is 0 Å². The largest absolute Gasteiger partial charge is 0.475 e. The zero-order valence-corrected chi connectivity index (χ0v) is 20.5. The van der Waals surface area contributed by atoms with E-state index in [9.17, 15) is 4.79 Å². The number of hydrogen-bond donors (Lipinski definition) is 0. The average Bonchev–Trinajstić information content (AvgIpc) is 3.07. The molecule has 4 rings (SSSR count). The lowest BCUT2D eigenvalue weighted by atomic mass is 9.78. The number of aryl methyl sites for hydroxylation is 1. The van der Waals surface area contributed by atoms with Gasteiger partial charge >= 0.3 is 0 Å². The predicted octanol–water partition coefficient (Wildman–Crippen LogP) is 4.96.